The minimum atomic E-state index is -0.259. The van der Waals surface area contributed by atoms with E-state index >= 15 is 0 Å². The molecule has 0 radical (unpaired) electrons. The second-order valence-electron chi connectivity index (χ2n) is 7.45. The molecule has 0 unspecified atom stereocenters. The Morgan fingerprint density at radius 3 is 2.53 bits per heavy atom. The van der Waals surface area contributed by atoms with Crippen LogP contribution in [0.4, 0.5) is 9.39 Å². The molecule has 2 aromatic carbocycles. The monoisotopic (exact) mass is 424 g/mol. The topological polar surface area (TPSA) is 41.6 Å². The number of halogens is 1. The van der Waals surface area contributed by atoms with E-state index in [4.69, 9.17) is 4.74 Å². The first kappa shape index (κ1) is 20.7. The number of anilines is 1. The predicted octanol–water partition coefficient (Wildman–Crippen LogP) is 5.18. The molecular formula is C24H25FN2O2S. The highest BCUT2D eigenvalue weighted by Gasteiger charge is 2.30. The van der Waals surface area contributed by atoms with Gasteiger partial charge >= 0.3 is 0 Å². The number of morpholine rings is 1. The highest BCUT2D eigenvalue weighted by Crippen LogP contribution is 2.42. The summed E-state index contributed by atoms with van der Waals surface area (Å²) in [6, 6.07) is 15.8. The first-order valence-electron chi connectivity index (χ1n) is 10.1. The number of hydrogen-bond donors (Lipinski definition) is 1. The molecule has 0 saturated carbocycles. The van der Waals surface area contributed by atoms with Crippen molar-refractivity contribution in [3.05, 3.63) is 87.5 Å². The van der Waals surface area contributed by atoms with Crippen LogP contribution in [0.3, 0.4) is 0 Å². The fourth-order valence-electron chi connectivity index (χ4n) is 3.90. The Morgan fingerprint density at radius 1 is 1.10 bits per heavy atom. The number of nitrogens with one attached hydrogen (secondary N) is 1. The average Bonchev–Trinajstić information content (AvgIpc) is 3.03. The van der Waals surface area contributed by atoms with Gasteiger partial charge in [-0.3, -0.25) is 9.69 Å². The molecule has 1 aliphatic heterocycles. The lowest BCUT2D eigenvalue weighted by Crippen LogP contribution is -2.40. The fourth-order valence-corrected chi connectivity index (χ4v) is 4.99. The van der Waals surface area contributed by atoms with Crippen molar-refractivity contribution in [3.8, 4) is 0 Å². The van der Waals surface area contributed by atoms with Crippen molar-refractivity contribution < 1.29 is 13.9 Å². The van der Waals surface area contributed by atoms with Gasteiger partial charge in [-0.05, 0) is 49.2 Å². The van der Waals surface area contributed by atoms with Crippen molar-refractivity contribution in [1.82, 2.24) is 4.90 Å². The van der Waals surface area contributed by atoms with E-state index in [1.165, 1.54) is 6.07 Å². The summed E-state index contributed by atoms with van der Waals surface area (Å²) in [4.78, 5) is 16.3. The van der Waals surface area contributed by atoms with Gasteiger partial charge in [0.25, 0.3) is 5.91 Å². The molecule has 1 saturated heterocycles. The number of hydrogen-bond acceptors (Lipinski definition) is 4. The van der Waals surface area contributed by atoms with Crippen molar-refractivity contribution in [2.24, 2.45) is 0 Å². The van der Waals surface area contributed by atoms with E-state index in [-0.39, 0.29) is 17.8 Å². The molecule has 1 aromatic heterocycles. The molecule has 1 N–H and O–H groups in total. The van der Waals surface area contributed by atoms with Gasteiger partial charge in [-0.2, -0.15) is 0 Å². The molecular weight excluding hydrogens is 399 g/mol. The van der Waals surface area contributed by atoms with E-state index in [0.717, 1.165) is 39.7 Å². The van der Waals surface area contributed by atoms with Crippen molar-refractivity contribution in [1.29, 1.82) is 0 Å². The SMILES string of the molecule is Cc1sc(NC(=O)c2ccccc2)c([C@H](c2cccc(F)c2)N2CCOCC2)c1C. The van der Waals surface area contributed by atoms with E-state index in [1.807, 2.05) is 24.3 Å². The number of nitrogens with zero attached hydrogens (tertiary/aromatic N) is 1. The second-order valence-corrected chi connectivity index (χ2v) is 8.68. The molecule has 6 heteroatoms. The molecule has 4 nitrogen and oxygen atoms in total. The number of carbonyl (C=O) groups excluding carboxylic acids is 1. The molecule has 1 aliphatic rings. The van der Waals surface area contributed by atoms with Crippen LogP contribution in [-0.4, -0.2) is 37.1 Å². The summed E-state index contributed by atoms with van der Waals surface area (Å²) in [6.45, 7) is 6.91. The van der Waals surface area contributed by atoms with Gasteiger partial charge in [-0.1, -0.05) is 30.3 Å². The summed E-state index contributed by atoms with van der Waals surface area (Å²) in [6.07, 6.45) is 0. The van der Waals surface area contributed by atoms with E-state index in [1.54, 1.807) is 35.6 Å². The molecule has 0 bridgehead atoms. The molecule has 2 heterocycles. The number of carbonyl (C=O) groups is 1. The smallest absolute Gasteiger partial charge is 0.256 e. The Hall–Kier alpha value is -2.54. The van der Waals surface area contributed by atoms with Crippen molar-refractivity contribution in [2.45, 2.75) is 19.9 Å². The third kappa shape index (κ3) is 4.31. The molecule has 4 rings (SSSR count). The third-order valence-corrected chi connectivity index (χ3v) is 6.68. The van der Waals surface area contributed by atoms with Crippen molar-refractivity contribution in [2.75, 3.05) is 31.6 Å². The molecule has 3 aromatic rings. The lowest BCUT2D eigenvalue weighted by atomic mass is 9.94. The zero-order valence-corrected chi connectivity index (χ0v) is 18.0. The first-order chi connectivity index (χ1) is 14.5. The molecule has 1 amide bonds. The Morgan fingerprint density at radius 2 is 1.83 bits per heavy atom. The largest absolute Gasteiger partial charge is 0.379 e. The number of benzene rings is 2. The van der Waals surface area contributed by atoms with Gasteiger partial charge in [0.1, 0.15) is 10.8 Å². The lowest BCUT2D eigenvalue weighted by Gasteiger charge is -2.35. The fraction of sp³-hybridized carbons (Fsp3) is 0.292. The molecule has 1 fully saturated rings. The maximum Gasteiger partial charge on any atom is 0.256 e. The standard InChI is InChI=1S/C24H25FN2O2S/c1-16-17(2)30-24(26-23(28)18-7-4-3-5-8-18)21(16)22(27-11-13-29-14-12-27)19-9-6-10-20(25)15-19/h3-10,15,22H,11-14H2,1-2H3,(H,26,28)/t22-/m0/s1. The van der Waals surface area contributed by atoms with Crippen LogP contribution in [-0.2, 0) is 4.74 Å². The van der Waals surface area contributed by atoms with Gasteiger partial charge < -0.3 is 10.1 Å². The number of rotatable bonds is 5. The number of ether oxygens (including phenoxy) is 1. The summed E-state index contributed by atoms with van der Waals surface area (Å²) in [7, 11) is 0. The number of amides is 1. The maximum atomic E-state index is 14.1. The summed E-state index contributed by atoms with van der Waals surface area (Å²) in [5, 5.41) is 3.94. The van der Waals surface area contributed by atoms with Gasteiger partial charge in [-0.25, -0.2) is 4.39 Å². The summed E-state index contributed by atoms with van der Waals surface area (Å²) < 4.78 is 19.7. The molecule has 156 valence electrons. The zero-order valence-electron chi connectivity index (χ0n) is 17.2. The average molecular weight is 425 g/mol. The van der Waals surface area contributed by atoms with Gasteiger partial charge in [0.15, 0.2) is 0 Å². The Balaban J connectivity index is 1.77. The van der Waals surface area contributed by atoms with Gasteiger partial charge in [0, 0.05) is 29.1 Å². The Bertz CT molecular complexity index is 1030. The molecule has 0 spiro atoms. The summed E-state index contributed by atoms with van der Waals surface area (Å²) >= 11 is 1.57. The maximum absolute atomic E-state index is 14.1. The normalized spacial score (nSPS) is 15.7. The summed E-state index contributed by atoms with van der Waals surface area (Å²) in [5.41, 5.74) is 3.66. The van der Waals surface area contributed by atoms with Crippen LogP contribution < -0.4 is 5.32 Å². The van der Waals surface area contributed by atoms with Crippen LogP contribution in [0.2, 0.25) is 0 Å². The van der Waals surface area contributed by atoms with Gasteiger partial charge in [-0.15, -0.1) is 11.3 Å². The Labute approximate surface area is 180 Å². The predicted molar refractivity (Wildman–Crippen MR) is 119 cm³/mol. The van der Waals surface area contributed by atoms with E-state index < -0.39 is 0 Å². The Kier molecular flexibility index (Phi) is 6.27. The third-order valence-electron chi connectivity index (χ3n) is 5.54. The van der Waals surface area contributed by atoms with E-state index in [0.29, 0.717) is 18.8 Å². The van der Waals surface area contributed by atoms with Crippen LogP contribution in [0.1, 0.15) is 38.0 Å². The van der Waals surface area contributed by atoms with Crippen LogP contribution in [0.5, 0.6) is 0 Å². The van der Waals surface area contributed by atoms with Crippen molar-refractivity contribution >= 4 is 22.2 Å². The highest BCUT2D eigenvalue weighted by molar-refractivity contribution is 7.16. The number of aryl methyl sites for hydroxylation is 1. The van der Waals surface area contributed by atoms with E-state index in [9.17, 15) is 9.18 Å². The van der Waals surface area contributed by atoms with E-state index in [2.05, 4.69) is 24.1 Å². The van der Waals surface area contributed by atoms with Gasteiger partial charge in [0.2, 0.25) is 0 Å². The van der Waals surface area contributed by atoms with Gasteiger partial charge in [0.05, 0.1) is 19.3 Å². The molecule has 0 aliphatic carbocycles. The second kappa shape index (κ2) is 9.08. The highest BCUT2D eigenvalue weighted by atomic mass is 32.1. The van der Waals surface area contributed by atoms with Crippen LogP contribution in [0.25, 0.3) is 0 Å². The molecule has 30 heavy (non-hydrogen) atoms. The van der Waals surface area contributed by atoms with Crippen LogP contribution >= 0.6 is 11.3 Å². The zero-order chi connectivity index (χ0) is 21.1. The molecule has 1 atom stereocenters. The van der Waals surface area contributed by atoms with Crippen molar-refractivity contribution in [3.63, 3.8) is 0 Å². The minimum absolute atomic E-state index is 0.141. The van der Waals surface area contributed by atoms with Crippen LogP contribution in [0, 0.1) is 19.7 Å². The minimum Gasteiger partial charge on any atom is -0.379 e. The first-order valence-corrected chi connectivity index (χ1v) is 10.9. The summed E-state index contributed by atoms with van der Waals surface area (Å²) in [5.74, 6) is -0.400. The number of thiophene rings is 1. The van der Waals surface area contributed by atoms with Crippen LogP contribution in [0.15, 0.2) is 54.6 Å². The lowest BCUT2D eigenvalue weighted by molar-refractivity contribution is 0.0240. The quantitative estimate of drug-likeness (QED) is 0.614.